The number of carbonyl (C=O) groups excluding carboxylic acids is 4. The SMILES string of the molecule is NC(=O)[C@@H](NC(=O)CNC(=O)c1ccccc1)[C@@H]1CCCC(=O)C1. The first-order valence-corrected chi connectivity index (χ1v) is 7.91. The van der Waals surface area contributed by atoms with Crippen molar-refractivity contribution in [3.8, 4) is 0 Å². The minimum atomic E-state index is -0.893. The number of nitrogens with two attached hydrogens (primary N) is 1. The molecule has 2 rings (SSSR count). The molecular weight excluding hydrogens is 310 g/mol. The fourth-order valence-electron chi connectivity index (χ4n) is 2.84. The molecule has 0 saturated heterocycles. The zero-order chi connectivity index (χ0) is 17.5. The number of benzene rings is 1. The van der Waals surface area contributed by atoms with Crippen LogP contribution in [0.15, 0.2) is 30.3 Å². The van der Waals surface area contributed by atoms with Crippen LogP contribution in [0.5, 0.6) is 0 Å². The Morgan fingerprint density at radius 1 is 1.21 bits per heavy atom. The van der Waals surface area contributed by atoms with E-state index in [4.69, 9.17) is 5.73 Å². The van der Waals surface area contributed by atoms with Gasteiger partial charge in [0.25, 0.3) is 5.91 Å². The minimum Gasteiger partial charge on any atom is -0.368 e. The Labute approximate surface area is 140 Å². The molecule has 2 atom stereocenters. The molecule has 0 heterocycles. The molecule has 1 aromatic carbocycles. The highest BCUT2D eigenvalue weighted by Gasteiger charge is 2.32. The Hall–Kier alpha value is -2.70. The van der Waals surface area contributed by atoms with Crippen molar-refractivity contribution in [2.24, 2.45) is 11.7 Å². The average Bonchev–Trinajstić information content (AvgIpc) is 2.58. The first-order valence-electron chi connectivity index (χ1n) is 7.91. The van der Waals surface area contributed by atoms with Crippen LogP contribution in [0.25, 0.3) is 0 Å². The Morgan fingerprint density at radius 2 is 1.92 bits per heavy atom. The maximum Gasteiger partial charge on any atom is 0.251 e. The third-order valence-electron chi connectivity index (χ3n) is 4.06. The van der Waals surface area contributed by atoms with Gasteiger partial charge in [0.1, 0.15) is 11.8 Å². The number of amides is 3. The molecule has 1 fully saturated rings. The Balaban J connectivity index is 1.88. The molecule has 7 nitrogen and oxygen atoms in total. The number of primary amides is 1. The summed E-state index contributed by atoms with van der Waals surface area (Å²) in [6, 6.07) is 7.60. The number of hydrogen-bond acceptors (Lipinski definition) is 4. The van der Waals surface area contributed by atoms with Gasteiger partial charge in [-0.25, -0.2) is 0 Å². The van der Waals surface area contributed by atoms with Gasteiger partial charge in [-0.15, -0.1) is 0 Å². The second-order valence-electron chi connectivity index (χ2n) is 5.89. The van der Waals surface area contributed by atoms with Crippen LogP contribution in [0, 0.1) is 5.92 Å². The third-order valence-corrected chi connectivity index (χ3v) is 4.06. The predicted octanol–water partition coefficient (Wildman–Crippen LogP) is 0.146. The van der Waals surface area contributed by atoms with E-state index < -0.39 is 17.9 Å². The molecule has 0 spiro atoms. The van der Waals surface area contributed by atoms with Crippen molar-refractivity contribution >= 4 is 23.5 Å². The smallest absolute Gasteiger partial charge is 0.251 e. The standard InChI is InChI=1S/C17H21N3O4/c18-16(23)15(12-7-4-8-13(21)9-12)20-14(22)10-19-17(24)11-5-2-1-3-6-11/h1-3,5-6,12,15H,4,7-10H2,(H2,18,23)(H,19,24)(H,20,22)/t12-,15+/m1/s1. The molecular formula is C17H21N3O4. The summed E-state index contributed by atoms with van der Waals surface area (Å²) in [5.41, 5.74) is 5.80. The van der Waals surface area contributed by atoms with Crippen LogP contribution in [0.1, 0.15) is 36.0 Å². The van der Waals surface area contributed by atoms with Crippen LogP contribution in [-0.2, 0) is 14.4 Å². The fraction of sp³-hybridized carbons (Fsp3) is 0.412. The Morgan fingerprint density at radius 3 is 2.54 bits per heavy atom. The van der Waals surface area contributed by atoms with E-state index in [1.54, 1.807) is 30.3 Å². The van der Waals surface area contributed by atoms with Crippen molar-refractivity contribution in [3.63, 3.8) is 0 Å². The molecule has 0 bridgehead atoms. The van der Waals surface area contributed by atoms with Crippen LogP contribution in [0.3, 0.4) is 0 Å². The zero-order valence-electron chi connectivity index (χ0n) is 13.3. The Bertz CT molecular complexity index is 630. The number of nitrogens with one attached hydrogen (secondary N) is 2. The number of rotatable bonds is 6. The van der Waals surface area contributed by atoms with Gasteiger partial charge in [-0.05, 0) is 30.9 Å². The molecule has 0 aromatic heterocycles. The topological polar surface area (TPSA) is 118 Å². The molecule has 0 unspecified atom stereocenters. The molecule has 24 heavy (non-hydrogen) atoms. The quantitative estimate of drug-likeness (QED) is 0.687. The molecule has 1 aliphatic rings. The molecule has 1 aliphatic carbocycles. The van der Waals surface area contributed by atoms with Gasteiger partial charge in [0, 0.05) is 18.4 Å². The molecule has 7 heteroatoms. The largest absolute Gasteiger partial charge is 0.368 e. The Kier molecular flexibility index (Phi) is 6.06. The minimum absolute atomic E-state index is 0.0733. The maximum absolute atomic E-state index is 12.0. The van der Waals surface area contributed by atoms with E-state index in [0.29, 0.717) is 24.8 Å². The summed E-state index contributed by atoms with van der Waals surface area (Å²) < 4.78 is 0. The molecule has 1 aromatic rings. The molecule has 1 saturated carbocycles. The average molecular weight is 331 g/mol. The summed E-state index contributed by atoms with van der Waals surface area (Å²) in [5, 5.41) is 5.02. The monoisotopic (exact) mass is 331 g/mol. The van der Waals surface area contributed by atoms with Gasteiger partial charge in [0.15, 0.2) is 0 Å². The number of Topliss-reactive ketones (excluding diaryl/α,β-unsaturated/α-hetero) is 1. The summed E-state index contributed by atoms with van der Waals surface area (Å²) in [5.74, 6) is -1.77. The van der Waals surface area contributed by atoms with Gasteiger partial charge in [-0.3, -0.25) is 19.2 Å². The van der Waals surface area contributed by atoms with E-state index in [1.165, 1.54) is 0 Å². The van der Waals surface area contributed by atoms with Gasteiger partial charge in [-0.2, -0.15) is 0 Å². The number of hydrogen-bond donors (Lipinski definition) is 3. The van der Waals surface area contributed by atoms with E-state index in [-0.39, 0.29) is 30.6 Å². The lowest BCUT2D eigenvalue weighted by atomic mass is 9.83. The van der Waals surface area contributed by atoms with Crippen molar-refractivity contribution < 1.29 is 19.2 Å². The van der Waals surface area contributed by atoms with Gasteiger partial charge < -0.3 is 16.4 Å². The summed E-state index contributed by atoms with van der Waals surface area (Å²) in [7, 11) is 0. The molecule has 3 amide bonds. The highest BCUT2D eigenvalue weighted by molar-refractivity contribution is 5.97. The van der Waals surface area contributed by atoms with E-state index in [0.717, 1.165) is 0 Å². The van der Waals surface area contributed by atoms with Crippen LogP contribution < -0.4 is 16.4 Å². The first-order chi connectivity index (χ1) is 11.5. The molecule has 0 aliphatic heterocycles. The highest BCUT2D eigenvalue weighted by Crippen LogP contribution is 2.24. The van der Waals surface area contributed by atoms with E-state index in [1.807, 2.05) is 0 Å². The van der Waals surface area contributed by atoms with Crippen LogP contribution in [-0.4, -0.2) is 36.1 Å². The summed E-state index contributed by atoms with van der Waals surface area (Å²) >= 11 is 0. The van der Waals surface area contributed by atoms with E-state index in [9.17, 15) is 19.2 Å². The predicted molar refractivity (Wildman–Crippen MR) is 86.9 cm³/mol. The van der Waals surface area contributed by atoms with Crippen molar-refractivity contribution in [1.82, 2.24) is 10.6 Å². The van der Waals surface area contributed by atoms with Crippen LogP contribution >= 0.6 is 0 Å². The lowest BCUT2D eigenvalue weighted by Gasteiger charge is -2.28. The second kappa shape index (κ2) is 8.24. The van der Waals surface area contributed by atoms with Crippen LogP contribution in [0.2, 0.25) is 0 Å². The second-order valence-corrected chi connectivity index (χ2v) is 5.89. The van der Waals surface area contributed by atoms with Crippen molar-refractivity contribution in [3.05, 3.63) is 35.9 Å². The fourth-order valence-corrected chi connectivity index (χ4v) is 2.84. The number of ketones is 1. The third kappa shape index (κ3) is 4.91. The van der Waals surface area contributed by atoms with Gasteiger partial charge in [0.05, 0.1) is 6.54 Å². The molecule has 0 radical (unpaired) electrons. The highest BCUT2D eigenvalue weighted by atomic mass is 16.2. The van der Waals surface area contributed by atoms with Crippen molar-refractivity contribution in [2.75, 3.05) is 6.54 Å². The first kappa shape index (κ1) is 17.7. The normalized spacial score (nSPS) is 18.5. The van der Waals surface area contributed by atoms with Gasteiger partial charge in [-0.1, -0.05) is 18.2 Å². The van der Waals surface area contributed by atoms with E-state index >= 15 is 0 Å². The lowest BCUT2D eigenvalue weighted by Crippen LogP contribution is -2.52. The van der Waals surface area contributed by atoms with Gasteiger partial charge in [0.2, 0.25) is 11.8 Å². The molecule has 4 N–H and O–H groups in total. The maximum atomic E-state index is 12.0. The van der Waals surface area contributed by atoms with Crippen LogP contribution in [0.4, 0.5) is 0 Å². The summed E-state index contributed by atoms with van der Waals surface area (Å²) in [6.45, 7) is -0.266. The summed E-state index contributed by atoms with van der Waals surface area (Å²) in [6.07, 6.45) is 2.09. The molecule has 128 valence electrons. The van der Waals surface area contributed by atoms with Gasteiger partial charge >= 0.3 is 0 Å². The number of carbonyl (C=O) groups is 4. The van der Waals surface area contributed by atoms with Crippen molar-refractivity contribution in [1.29, 1.82) is 0 Å². The van der Waals surface area contributed by atoms with Crippen molar-refractivity contribution in [2.45, 2.75) is 31.7 Å². The summed E-state index contributed by atoms with van der Waals surface area (Å²) in [4.78, 5) is 47.0. The van der Waals surface area contributed by atoms with E-state index in [2.05, 4.69) is 10.6 Å². The zero-order valence-corrected chi connectivity index (χ0v) is 13.3. The lowest BCUT2D eigenvalue weighted by molar-refractivity contribution is -0.130.